The Bertz CT molecular complexity index is 681. The zero-order valence-corrected chi connectivity index (χ0v) is 12.4. The number of hydrogen-bond donors (Lipinski definition) is 1. The van der Waals surface area contributed by atoms with E-state index in [1.54, 1.807) is 30.1 Å². The number of ether oxygens (including phenoxy) is 1. The van der Waals surface area contributed by atoms with Crippen LogP contribution >= 0.6 is 0 Å². The first-order valence-corrected chi connectivity index (χ1v) is 7.11. The van der Waals surface area contributed by atoms with Crippen LogP contribution in [0.4, 0.5) is 4.39 Å². The molecular formula is C16H19FN2O2. The lowest BCUT2D eigenvalue weighted by molar-refractivity contribution is 0.0684. The highest BCUT2D eigenvalue weighted by molar-refractivity contribution is 5.47. The highest BCUT2D eigenvalue weighted by atomic mass is 19.1. The molecule has 5 heteroatoms. The number of methoxy groups -OCH3 is 1. The van der Waals surface area contributed by atoms with Crippen LogP contribution in [0, 0.1) is 5.82 Å². The van der Waals surface area contributed by atoms with Crippen molar-refractivity contribution in [2.45, 2.75) is 38.3 Å². The summed E-state index contributed by atoms with van der Waals surface area (Å²) in [5.41, 5.74) is 0.537. The molecule has 0 spiro atoms. The van der Waals surface area contributed by atoms with Crippen LogP contribution in [0.15, 0.2) is 24.4 Å². The van der Waals surface area contributed by atoms with Crippen molar-refractivity contribution in [2.75, 3.05) is 7.11 Å². The Hall–Kier alpha value is -1.88. The molecular weight excluding hydrogens is 271 g/mol. The number of halogens is 1. The summed E-state index contributed by atoms with van der Waals surface area (Å²) in [6.07, 6.45) is 2.54. The van der Waals surface area contributed by atoms with E-state index in [2.05, 4.69) is 5.10 Å². The fraction of sp³-hybridized carbons (Fsp3) is 0.438. The van der Waals surface area contributed by atoms with Crippen LogP contribution < -0.4 is 4.74 Å². The maximum absolute atomic E-state index is 14.0. The van der Waals surface area contributed by atoms with E-state index >= 15 is 0 Å². The maximum atomic E-state index is 14.0. The van der Waals surface area contributed by atoms with Gasteiger partial charge in [-0.3, -0.25) is 4.68 Å². The summed E-state index contributed by atoms with van der Waals surface area (Å²) >= 11 is 0. The smallest absolute Gasteiger partial charge is 0.163 e. The molecule has 112 valence electrons. The number of aliphatic hydroxyl groups is 1. The largest absolute Gasteiger partial charge is 0.493 e. The van der Waals surface area contributed by atoms with Crippen molar-refractivity contribution in [1.82, 2.24) is 9.78 Å². The quantitative estimate of drug-likeness (QED) is 0.945. The van der Waals surface area contributed by atoms with Crippen molar-refractivity contribution in [3.05, 3.63) is 47.0 Å². The summed E-state index contributed by atoms with van der Waals surface area (Å²) in [6.45, 7) is 3.97. The van der Waals surface area contributed by atoms with E-state index in [0.717, 1.165) is 0 Å². The number of fused-ring (bicyclic) bond motifs is 1. The summed E-state index contributed by atoms with van der Waals surface area (Å²) in [5.74, 6) is 0.265. The van der Waals surface area contributed by atoms with E-state index < -0.39 is 5.60 Å². The predicted octanol–water partition coefficient (Wildman–Crippen LogP) is 2.79. The van der Waals surface area contributed by atoms with Crippen molar-refractivity contribution >= 4 is 0 Å². The van der Waals surface area contributed by atoms with E-state index in [-0.39, 0.29) is 11.9 Å². The third-order valence-corrected chi connectivity index (χ3v) is 4.16. The van der Waals surface area contributed by atoms with Crippen LogP contribution in [0.5, 0.6) is 5.75 Å². The Morgan fingerprint density at radius 2 is 2.19 bits per heavy atom. The minimum absolute atomic E-state index is 0.0746. The molecule has 1 aromatic carbocycles. The number of hydrogen-bond acceptors (Lipinski definition) is 3. The SMILES string of the molecule is COc1cnn(C(C)C)c1C1(O)CCc2c(F)cccc21. The van der Waals surface area contributed by atoms with Gasteiger partial charge in [0.15, 0.2) is 5.75 Å². The zero-order valence-electron chi connectivity index (χ0n) is 12.4. The standard InChI is InChI=1S/C16H19FN2O2/c1-10(2)19-15(14(21-3)9-18-19)16(20)8-7-11-12(16)5-4-6-13(11)17/h4-6,9-10,20H,7-8H2,1-3H3. The lowest BCUT2D eigenvalue weighted by Crippen LogP contribution is -2.29. The fourth-order valence-electron chi connectivity index (χ4n) is 3.17. The van der Waals surface area contributed by atoms with Gasteiger partial charge in [0, 0.05) is 6.04 Å². The lowest BCUT2D eigenvalue weighted by atomic mass is 9.91. The normalized spacial score (nSPS) is 20.9. The molecule has 1 N–H and O–H groups in total. The minimum Gasteiger partial charge on any atom is -0.493 e. The van der Waals surface area contributed by atoms with Crippen LogP contribution in [0.3, 0.4) is 0 Å². The van der Waals surface area contributed by atoms with Gasteiger partial charge in [0.25, 0.3) is 0 Å². The molecule has 0 radical (unpaired) electrons. The molecule has 1 aromatic heterocycles. The first kappa shape index (κ1) is 14.1. The molecule has 1 atom stereocenters. The number of benzene rings is 1. The Morgan fingerprint density at radius 3 is 2.86 bits per heavy atom. The third-order valence-electron chi connectivity index (χ3n) is 4.16. The molecule has 0 saturated heterocycles. The molecule has 3 rings (SSSR count). The average molecular weight is 290 g/mol. The molecule has 1 heterocycles. The van der Waals surface area contributed by atoms with Crippen molar-refractivity contribution in [2.24, 2.45) is 0 Å². The number of aromatic nitrogens is 2. The first-order chi connectivity index (χ1) is 9.99. The van der Waals surface area contributed by atoms with Crippen LogP contribution in [-0.4, -0.2) is 22.0 Å². The molecule has 0 bridgehead atoms. The van der Waals surface area contributed by atoms with Crippen LogP contribution in [0.2, 0.25) is 0 Å². The lowest BCUT2D eigenvalue weighted by Gasteiger charge is -2.27. The van der Waals surface area contributed by atoms with E-state index in [1.165, 1.54) is 6.07 Å². The summed E-state index contributed by atoms with van der Waals surface area (Å²) < 4.78 is 21.1. The van der Waals surface area contributed by atoms with E-state index in [9.17, 15) is 9.50 Å². The number of rotatable bonds is 3. The molecule has 21 heavy (non-hydrogen) atoms. The molecule has 1 unspecified atom stereocenters. The third kappa shape index (κ3) is 1.95. The van der Waals surface area contributed by atoms with E-state index in [4.69, 9.17) is 4.74 Å². The molecule has 4 nitrogen and oxygen atoms in total. The van der Waals surface area contributed by atoms with Gasteiger partial charge in [-0.1, -0.05) is 12.1 Å². The Balaban J connectivity index is 2.23. The molecule has 0 aliphatic heterocycles. The van der Waals surface area contributed by atoms with Gasteiger partial charge >= 0.3 is 0 Å². The molecule has 1 aliphatic rings. The molecule has 0 saturated carbocycles. The molecule has 1 aliphatic carbocycles. The highest BCUT2D eigenvalue weighted by Crippen LogP contribution is 2.46. The van der Waals surface area contributed by atoms with Crippen molar-refractivity contribution in [3.63, 3.8) is 0 Å². The van der Waals surface area contributed by atoms with E-state index in [0.29, 0.717) is 35.4 Å². The Labute approximate surface area is 123 Å². The summed E-state index contributed by atoms with van der Waals surface area (Å²) in [6, 6.07) is 4.92. The topological polar surface area (TPSA) is 47.3 Å². The van der Waals surface area contributed by atoms with Crippen LogP contribution in [-0.2, 0) is 12.0 Å². The van der Waals surface area contributed by atoms with Crippen molar-refractivity contribution in [1.29, 1.82) is 0 Å². The van der Waals surface area contributed by atoms with Gasteiger partial charge in [-0.2, -0.15) is 5.10 Å². The van der Waals surface area contributed by atoms with Crippen molar-refractivity contribution in [3.8, 4) is 5.75 Å². The fourth-order valence-corrected chi connectivity index (χ4v) is 3.17. The van der Waals surface area contributed by atoms with Crippen LogP contribution in [0.25, 0.3) is 0 Å². The van der Waals surface area contributed by atoms with Gasteiger partial charge in [0.2, 0.25) is 0 Å². The Morgan fingerprint density at radius 1 is 1.43 bits per heavy atom. The second-order valence-corrected chi connectivity index (χ2v) is 5.73. The second-order valence-electron chi connectivity index (χ2n) is 5.73. The van der Waals surface area contributed by atoms with Crippen molar-refractivity contribution < 1.29 is 14.2 Å². The summed E-state index contributed by atoms with van der Waals surface area (Å²) in [4.78, 5) is 0. The van der Waals surface area contributed by atoms with E-state index in [1.807, 2.05) is 13.8 Å². The van der Waals surface area contributed by atoms with Crippen LogP contribution in [0.1, 0.15) is 43.1 Å². The van der Waals surface area contributed by atoms with Gasteiger partial charge in [0.05, 0.1) is 13.3 Å². The maximum Gasteiger partial charge on any atom is 0.163 e. The second kappa shape index (κ2) is 4.84. The molecule has 2 aromatic rings. The zero-order chi connectivity index (χ0) is 15.2. The Kier molecular flexibility index (Phi) is 3.24. The summed E-state index contributed by atoms with van der Waals surface area (Å²) in [5, 5.41) is 15.6. The van der Waals surface area contributed by atoms with Gasteiger partial charge in [-0.15, -0.1) is 0 Å². The van der Waals surface area contributed by atoms with Gasteiger partial charge in [-0.25, -0.2) is 4.39 Å². The monoisotopic (exact) mass is 290 g/mol. The van der Waals surface area contributed by atoms with Gasteiger partial charge < -0.3 is 9.84 Å². The minimum atomic E-state index is -1.26. The number of nitrogens with zero attached hydrogens (tertiary/aromatic N) is 2. The average Bonchev–Trinajstić information content (AvgIpc) is 3.02. The van der Waals surface area contributed by atoms with Gasteiger partial charge in [0.1, 0.15) is 17.1 Å². The van der Waals surface area contributed by atoms with Gasteiger partial charge in [-0.05, 0) is 43.9 Å². The predicted molar refractivity (Wildman–Crippen MR) is 76.9 cm³/mol. The highest BCUT2D eigenvalue weighted by Gasteiger charge is 2.44. The first-order valence-electron chi connectivity index (χ1n) is 7.11. The molecule has 0 fully saturated rings. The molecule has 0 amide bonds. The summed E-state index contributed by atoms with van der Waals surface area (Å²) in [7, 11) is 1.55.